The van der Waals surface area contributed by atoms with E-state index in [-0.39, 0.29) is 0 Å². The van der Waals surface area contributed by atoms with Crippen molar-refractivity contribution >= 4 is 11.8 Å². The third-order valence-corrected chi connectivity index (χ3v) is 3.77. The topological polar surface area (TPSA) is 12.0 Å². The molecule has 1 unspecified atom stereocenters. The molecule has 0 fully saturated rings. The first-order valence-electron chi connectivity index (χ1n) is 6.19. The van der Waals surface area contributed by atoms with Gasteiger partial charge in [0.15, 0.2) is 0 Å². The van der Waals surface area contributed by atoms with E-state index in [0.29, 0.717) is 6.04 Å². The van der Waals surface area contributed by atoms with Crippen LogP contribution in [0.2, 0.25) is 0 Å². The molecule has 0 spiro atoms. The second-order valence-electron chi connectivity index (χ2n) is 4.19. The first-order chi connectivity index (χ1) is 7.76. The Balaban J connectivity index is 2.37. The van der Waals surface area contributed by atoms with Gasteiger partial charge in [-0.05, 0) is 38.4 Å². The molecule has 0 aliphatic rings. The number of hydrogen-bond donors (Lipinski definition) is 1. The van der Waals surface area contributed by atoms with Gasteiger partial charge in [0, 0.05) is 16.7 Å². The maximum atomic E-state index is 3.58. The van der Waals surface area contributed by atoms with Crippen LogP contribution in [-0.4, -0.2) is 18.3 Å². The van der Waals surface area contributed by atoms with Crippen molar-refractivity contribution in [3.8, 4) is 0 Å². The molecule has 0 aliphatic heterocycles. The third-order valence-electron chi connectivity index (χ3n) is 2.62. The molecule has 2 heteroatoms. The van der Waals surface area contributed by atoms with E-state index in [1.807, 2.05) is 11.8 Å². The predicted molar refractivity (Wildman–Crippen MR) is 74.3 cm³/mol. The summed E-state index contributed by atoms with van der Waals surface area (Å²) in [7, 11) is 0. The molecule has 0 aromatic heterocycles. The van der Waals surface area contributed by atoms with Gasteiger partial charge in [-0.15, -0.1) is 11.8 Å². The Morgan fingerprint density at radius 3 is 2.75 bits per heavy atom. The Hall–Kier alpha value is -0.470. The number of rotatable bonds is 7. The Bertz CT molecular complexity index is 299. The Labute approximate surface area is 104 Å². The van der Waals surface area contributed by atoms with Crippen LogP contribution in [0.1, 0.15) is 32.3 Å². The molecule has 0 saturated heterocycles. The predicted octanol–water partition coefficient (Wildman–Crippen LogP) is 3.87. The minimum atomic E-state index is 0.644. The normalized spacial score (nSPS) is 12.7. The van der Waals surface area contributed by atoms with Crippen LogP contribution in [0.3, 0.4) is 0 Å². The molecular formula is C14H23NS. The molecule has 0 aliphatic carbocycles. The van der Waals surface area contributed by atoms with E-state index in [1.165, 1.54) is 29.1 Å². The zero-order valence-corrected chi connectivity index (χ0v) is 11.4. The van der Waals surface area contributed by atoms with Crippen LogP contribution >= 0.6 is 11.8 Å². The number of aryl methyl sites for hydroxylation is 1. The Morgan fingerprint density at radius 1 is 1.31 bits per heavy atom. The molecule has 1 rings (SSSR count). The molecule has 0 amide bonds. The van der Waals surface area contributed by atoms with Crippen LogP contribution in [0.25, 0.3) is 0 Å². The van der Waals surface area contributed by atoms with Crippen LogP contribution in [0.15, 0.2) is 29.2 Å². The largest absolute Gasteiger partial charge is 0.313 e. The smallest absolute Gasteiger partial charge is 0.0159 e. The SMILES string of the molecule is CCCNC(CC)CSc1cccc(C)c1. The van der Waals surface area contributed by atoms with Crippen LogP contribution in [0.5, 0.6) is 0 Å². The van der Waals surface area contributed by atoms with E-state index in [9.17, 15) is 0 Å². The molecule has 1 nitrogen and oxygen atoms in total. The molecule has 0 bridgehead atoms. The lowest BCUT2D eigenvalue weighted by atomic mass is 10.2. The molecule has 0 heterocycles. The van der Waals surface area contributed by atoms with Gasteiger partial charge in [0.1, 0.15) is 0 Å². The highest BCUT2D eigenvalue weighted by Gasteiger charge is 2.05. The van der Waals surface area contributed by atoms with E-state index in [2.05, 4.69) is 50.4 Å². The molecule has 1 atom stereocenters. The van der Waals surface area contributed by atoms with Gasteiger partial charge in [0.2, 0.25) is 0 Å². The summed E-state index contributed by atoms with van der Waals surface area (Å²) >= 11 is 1.96. The van der Waals surface area contributed by atoms with Crippen molar-refractivity contribution in [1.82, 2.24) is 5.32 Å². The fourth-order valence-corrected chi connectivity index (χ4v) is 2.76. The standard InChI is InChI=1S/C14H23NS/c1-4-9-15-13(5-2)11-16-14-8-6-7-12(3)10-14/h6-8,10,13,15H,4-5,9,11H2,1-3H3. The van der Waals surface area contributed by atoms with Gasteiger partial charge in [-0.3, -0.25) is 0 Å². The minimum absolute atomic E-state index is 0.644. The van der Waals surface area contributed by atoms with Gasteiger partial charge >= 0.3 is 0 Å². The lowest BCUT2D eigenvalue weighted by Gasteiger charge is -2.16. The molecule has 1 aromatic rings. The van der Waals surface area contributed by atoms with Crippen molar-refractivity contribution in [3.63, 3.8) is 0 Å². The lowest BCUT2D eigenvalue weighted by Crippen LogP contribution is -2.31. The van der Waals surface area contributed by atoms with E-state index in [4.69, 9.17) is 0 Å². The summed E-state index contributed by atoms with van der Waals surface area (Å²) in [6.07, 6.45) is 2.42. The van der Waals surface area contributed by atoms with Crippen LogP contribution in [0, 0.1) is 6.92 Å². The monoisotopic (exact) mass is 237 g/mol. The van der Waals surface area contributed by atoms with Gasteiger partial charge < -0.3 is 5.32 Å². The lowest BCUT2D eigenvalue weighted by molar-refractivity contribution is 0.539. The molecule has 0 saturated carbocycles. The summed E-state index contributed by atoms with van der Waals surface area (Å²) in [5.74, 6) is 1.17. The Morgan fingerprint density at radius 2 is 2.12 bits per heavy atom. The fraction of sp³-hybridized carbons (Fsp3) is 0.571. The first-order valence-corrected chi connectivity index (χ1v) is 7.17. The van der Waals surface area contributed by atoms with Crippen molar-refractivity contribution in [1.29, 1.82) is 0 Å². The number of thioether (sulfide) groups is 1. The summed E-state index contributed by atoms with van der Waals surface area (Å²) in [5.41, 5.74) is 1.35. The summed E-state index contributed by atoms with van der Waals surface area (Å²) in [5, 5.41) is 3.58. The van der Waals surface area contributed by atoms with Gasteiger partial charge in [0.25, 0.3) is 0 Å². The van der Waals surface area contributed by atoms with Gasteiger partial charge in [-0.2, -0.15) is 0 Å². The van der Waals surface area contributed by atoms with Crippen molar-refractivity contribution in [2.24, 2.45) is 0 Å². The fourth-order valence-electron chi connectivity index (χ4n) is 1.57. The maximum absolute atomic E-state index is 3.58. The molecule has 1 aromatic carbocycles. The highest BCUT2D eigenvalue weighted by molar-refractivity contribution is 7.99. The molecular weight excluding hydrogens is 214 g/mol. The summed E-state index contributed by atoms with van der Waals surface area (Å²) < 4.78 is 0. The zero-order chi connectivity index (χ0) is 11.8. The second kappa shape index (κ2) is 7.75. The van der Waals surface area contributed by atoms with Crippen molar-refractivity contribution in [2.45, 2.75) is 44.6 Å². The summed E-state index contributed by atoms with van der Waals surface area (Å²) in [6.45, 7) is 7.75. The highest BCUT2D eigenvalue weighted by Crippen LogP contribution is 2.20. The van der Waals surface area contributed by atoms with Crippen molar-refractivity contribution in [2.75, 3.05) is 12.3 Å². The number of benzene rings is 1. The minimum Gasteiger partial charge on any atom is -0.313 e. The molecule has 1 N–H and O–H groups in total. The van der Waals surface area contributed by atoms with Gasteiger partial charge in [-0.25, -0.2) is 0 Å². The summed E-state index contributed by atoms with van der Waals surface area (Å²) in [4.78, 5) is 1.39. The van der Waals surface area contributed by atoms with E-state index in [0.717, 1.165) is 6.54 Å². The van der Waals surface area contributed by atoms with E-state index < -0.39 is 0 Å². The van der Waals surface area contributed by atoms with E-state index >= 15 is 0 Å². The van der Waals surface area contributed by atoms with Crippen LogP contribution in [0.4, 0.5) is 0 Å². The molecule has 90 valence electrons. The van der Waals surface area contributed by atoms with Crippen molar-refractivity contribution in [3.05, 3.63) is 29.8 Å². The average molecular weight is 237 g/mol. The van der Waals surface area contributed by atoms with Crippen molar-refractivity contribution < 1.29 is 0 Å². The quantitative estimate of drug-likeness (QED) is 0.723. The number of nitrogens with one attached hydrogen (secondary N) is 1. The zero-order valence-electron chi connectivity index (χ0n) is 10.6. The maximum Gasteiger partial charge on any atom is 0.0159 e. The first kappa shape index (κ1) is 13.6. The molecule has 0 radical (unpaired) electrons. The van der Waals surface area contributed by atoms with E-state index in [1.54, 1.807) is 0 Å². The second-order valence-corrected chi connectivity index (χ2v) is 5.28. The highest BCUT2D eigenvalue weighted by atomic mass is 32.2. The van der Waals surface area contributed by atoms with Crippen LogP contribution in [-0.2, 0) is 0 Å². The number of hydrogen-bond acceptors (Lipinski definition) is 2. The Kier molecular flexibility index (Phi) is 6.58. The summed E-state index contributed by atoms with van der Waals surface area (Å²) in [6, 6.07) is 9.39. The average Bonchev–Trinajstić information content (AvgIpc) is 2.29. The van der Waals surface area contributed by atoms with Crippen LogP contribution < -0.4 is 5.32 Å². The third kappa shape index (κ3) is 5.04. The molecule has 16 heavy (non-hydrogen) atoms. The van der Waals surface area contributed by atoms with Gasteiger partial charge in [0.05, 0.1) is 0 Å². The van der Waals surface area contributed by atoms with Gasteiger partial charge in [-0.1, -0.05) is 31.5 Å².